The lowest BCUT2D eigenvalue weighted by Crippen LogP contribution is -2.24. The second-order valence-electron chi connectivity index (χ2n) is 5.48. The second kappa shape index (κ2) is 7.09. The fourth-order valence-electron chi connectivity index (χ4n) is 2.08. The molecule has 4 nitrogen and oxygen atoms in total. The van der Waals surface area contributed by atoms with Crippen LogP contribution in [0.15, 0.2) is 41.2 Å². The Morgan fingerprint density at radius 3 is 2.43 bits per heavy atom. The summed E-state index contributed by atoms with van der Waals surface area (Å²) in [6.45, 7) is 5.78. The van der Waals surface area contributed by atoms with Gasteiger partial charge in [0.1, 0.15) is 5.75 Å². The molecule has 0 spiro atoms. The van der Waals surface area contributed by atoms with Gasteiger partial charge in [-0.3, -0.25) is 4.79 Å². The number of hydrogen-bond acceptors (Lipinski definition) is 3. The number of H-pyrrole nitrogens is 1. The zero-order chi connectivity index (χ0) is 15.2. The number of pyridine rings is 1. The Morgan fingerprint density at radius 1 is 1.14 bits per heavy atom. The van der Waals surface area contributed by atoms with Crippen LogP contribution in [-0.4, -0.2) is 18.6 Å². The molecule has 0 amide bonds. The molecule has 2 rings (SSSR count). The number of ether oxygens (including phenoxy) is 1. The number of nitrogens with one attached hydrogen (secondary N) is 2. The van der Waals surface area contributed by atoms with Crippen LogP contribution in [-0.2, 0) is 6.54 Å². The van der Waals surface area contributed by atoms with Crippen molar-refractivity contribution in [2.75, 3.05) is 13.7 Å². The Labute approximate surface area is 125 Å². The number of methoxy groups -OCH3 is 1. The minimum Gasteiger partial charge on any atom is -0.497 e. The molecule has 0 unspecified atom stereocenters. The summed E-state index contributed by atoms with van der Waals surface area (Å²) in [7, 11) is 1.63. The molecule has 0 saturated carbocycles. The molecule has 0 atom stereocenters. The van der Waals surface area contributed by atoms with Gasteiger partial charge in [0.05, 0.1) is 7.11 Å². The lowest BCUT2D eigenvalue weighted by molar-refractivity contribution is 0.415. The van der Waals surface area contributed by atoms with E-state index in [0.717, 1.165) is 29.1 Å². The summed E-state index contributed by atoms with van der Waals surface area (Å²) in [4.78, 5) is 15.0. The van der Waals surface area contributed by atoms with Crippen molar-refractivity contribution in [2.45, 2.75) is 20.4 Å². The van der Waals surface area contributed by atoms with E-state index >= 15 is 0 Å². The topological polar surface area (TPSA) is 54.1 Å². The minimum absolute atomic E-state index is 0.0421. The maximum Gasteiger partial charge on any atom is 0.252 e. The molecule has 0 aliphatic rings. The van der Waals surface area contributed by atoms with Crippen LogP contribution in [0.25, 0.3) is 11.3 Å². The number of benzene rings is 1. The molecular weight excluding hydrogens is 264 g/mol. The SMILES string of the molecule is COc1ccc(-c2ccc(CNCC(C)C)c(=O)[nH]2)cc1. The Morgan fingerprint density at radius 2 is 1.86 bits per heavy atom. The molecule has 0 saturated heterocycles. The highest BCUT2D eigenvalue weighted by Gasteiger charge is 2.04. The summed E-state index contributed by atoms with van der Waals surface area (Å²) in [5.74, 6) is 1.37. The predicted molar refractivity (Wildman–Crippen MR) is 85.6 cm³/mol. The third-order valence-electron chi connectivity index (χ3n) is 3.26. The lowest BCUT2D eigenvalue weighted by Gasteiger charge is -2.08. The Kier molecular flexibility index (Phi) is 5.17. The highest BCUT2D eigenvalue weighted by molar-refractivity contribution is 5.60. The number of aromatic amines is 1. The molecule has 21 heavy (non-hydrogen) atoms. The first kappa shape index (κ1) is 15.3. The van der Waals surface area contributed by atoms with Crippen molar-refractivity contribution in [1.29, 1.82) is 0 Å². The van der Waals surface area contributed by atoms with Gasteiger partial charge in [-0.15, -0.1) is 0 Å². The summed E-state index contributed by atoms with van der Waals surface area (Å²) < 4.78 is 5.13. The monoisotopic (exact) mass is 286 g/mol. The molecule has 1 aromatic carbocycles. The van der Waals surface area contributed by atoms with Gasteiger partial charge in [0.25, 0.3) is 5.56 Å². The number of rotatable bonds is 6. The van der Waals surface area contributed by atoms with E-state index in [1.165, 1.54) is 0 Å². The predicted octanol–water partition coefficient (Wildman–Crippen LogP) is 2.80. The molecule has 0 aliphatic carbocycles. The Bertz CT molecular complexity index is 630. The van der Waals surface area contributed by atoms with Crippen molar-refractivity contribution in [3.05, 3.63) is 52.3 Å². The van der Waals surface area contributed by atoms with E-state index in [1.54, 1.807) is 7.11 Å². The molecule has 0 bridgehead atoms. The zero-order valence-corrected chi connectivity index (χ0v) is 12.8. The summed E-state index contributed by atoms with van der Waals surface area (Å²) in [5.41, 5.74) is 2.50. The van der Waals surface area contributed by atoms with E-state index in [2.05, 4.69) is 24.1 Å². The highest BCUT2D eigenvalue weighted by Crippen LogP contribution is 2.19. The molecule has 0 aliphatic heterocycles. The average molecular weight is 286 g/mol. The molecule has 4 heteroatoms. The summed E-state index contributed by atoms with van der Waals surface area (Å²) in [6.07, 6.45) is 0. The summed E-state index contributed by atoms with van der Waals surface area (Å²) in [5, 5.41) is 3.28. The van der Waals surface area contributed by atoms with Crippen molar-refractivity contribution in [3.8, 4) is 17.0 Å². The minimum atomic E-state index is -0.0421. The first-order valence-corrected chi connectivity index (χ1v) is 7.17. The van der Waals surface area contributed by atoms with Crippen molar-refractivity contribution < 1.29 is 4.74 Å². The van der Waals surface area contributed by atoms with Crippen LogP contribution in [0.4, 0.5) is 0 Å². The third kappa shape index (κ3) is 4.20. The lowest BCUT2D eigenvalue weighted by atomic mass is 10.1. The van der Waals surface area contributed by atoms with Gasteiger partial charge in [0.15, 0.2) is 0 Å². The van der Waals surface area contributed by atoms with Crippen molar-refractivity contribution >= 4 is 0 Å². The van der Waals surface area contributed by atoms with Gasteiger partial charge in [-0.05, 0) is 48.4 Å². The van der Waals surface area contributed by atoms with Gasteiger partial charge < -0.3 is 15.0 Å². The van der Waals surface area contributed by atoms with Crippen LogP contribution in [0.3, 0.4) is 0 Å². The standard InChI is InChI=1S/C17H22N2O2/c1-12(2)10-18-11-14-6-9-16(19-17(14)20)13-4-7-15(21-3)8-5-13/h4-9,12,18H,10-11H2,1-3H3,(H,19,20). The molecule has 0 fully saturated rings. The van der Waals surface area contributed by atoms with Crippen LogP contribution >= 0.6 is 0 Å². The van der Waals surface area contributed by atoms with Crippen molar-refractivity contribution in [2.24, 2.45) is 5.92 Å². The van der Waals surface area contributed by atoms with Crippen LogP contribution in [0.1, 0.15) is 19.4 Å². The smallest absolute Gasteiger partial charge is 0.252 e. The normalized spacial score (nSPS) is 10.9. The fraction of sp³-hybridized carbons (Fsp3) is 0.353. The largest absolute Gasteiger partial charge is 0.497 e. The maximum absolute atomic E-state index is 12.1. The number of aromatic nitrogens is 1. The summed E-state index contributed by atoms with van der Waals surface area (Å²) >= 11 is 0. The maximum atomic E-state index is 12.1. The van der Waals surface area contributed by atoms with E-state index in [0.29, 0.717) is 12.5 Å². The molecule has 112 valence electrons. The van der Waals surface area contributed by atoms with Crippen molar-refractivity contribution in [1.82, 2.24) is 10.3 Å². The fourth-order valence-corrected chi connectivity index (χ4v) is 2.08. The first-order valence-electron chi connectivity index (χ1n) is 7.17. The van der Waals surface area contributed by atoms with Crippen LogP contribution in [0.2, 0.25) is 0 Å². The molecular formula is C17H22N2O2. The van der Waals surface area contributed by atoms with Gasteiger partial charge in [-0.25, -0.2) is 0 Å². The van der Waals surface area contributed by atoms with E-state index in [-0.39, 0.29) is 5.56 Å². The second-order valence-corrected chi connectivity index (χ2v) is 5.48. The third-order valence-corrected chi connectivity index (χ3v) is 3.26. The van der Waals surface area contributed by atoms with E-state index in [9.17, 15) is 4.79 Å². The molecule has 1 aromatic heterocycles. The van der Waals surface area contributed by atoms with E-state index < -0.39 is 0 Å². The van der Waals surface area contributed by atoms with Gasteiger partial charge >= 0.3 is 0 Å². The van der Waals surface area contributed by atoms with Crippen LogP contribution in [0, 0.1) is 5.92 Å². The van der Waals surface area contributed by atoms with Gasteiger partial charge in [-0.1, -0.05) is 19.9 Å². The van der Waals surface area contributed by atoms with Gasteiger partial charge in [0.2, 0.25) is 0 Å². The van der Waals surface area contributed by atoms with Gasteiger partial charge in [0, 0.05) is 17.8 Å². The van der Waals surface area contributed by atoms with Gasteiger partial charge in [-0.2, -0.15) is 0 Å². The van der Waals surface area contributed by atoms with E-state index in [4.69, 9.17) is 4.74 Å². The summed E-state index contributed by atoms with van der Waals surface area (Å²) in [6, 6.07) is 11.4. The molecule has 2 N–H and O–H groups in total. The Hall–Kier alpha value is -2.07. The van der Waals surface area contributed by atoms with Crippen LogP contribution in [0.5, 0.6) is 5.75 Å². The first-order chi connectivity index (χ1) is 10.1. The molecule has 0 radical (unpaired) electrons. The van der Waals surface area contributed by atoms with Crippen LogP contribution < -0.4 is 15.6 Å². The van der Waals surface area contributed by atoms with E-state index in [1.807, 2.05) is 36.4 Å². The zero-order valence-electron chi connectivity index (χ0n) is 12.8. The molecule has 1 heterocycles. The highest BCUT2D eigenvalue weighted by atomic mass is 16.5. The van der Waals surface area contributed by atoms with Crippen molar-refractivity contribution in [3.63, 3.8) is 0 Å². The Balaban J connectivity index is 2.12. The number of hydrogen-bond donors (Lipinski definition) is 2. The quantitative estimate of drug-likeness (QED) is 0.858. The average Bonchev–Trinajstić information content (AvgIpc) is 2.48. The molecule has 2 aromatic rings.